The second-order valence-electron chi connectivity index (χ2n) is 8.15. The first-order valence-electron chi connectivity index (χ1n) is 10.5. The molecule has 0 saturated carbocycles. The summed E-state index contributed by atoms with van der Waals surface area (Å²) in [5, 5.41) is 5.00. The highest BCUT2D eigenvalue weighted by atomic mass is 35.5. The molecule has 0 aliphatic carbocycles. The molecule has 0 bridgehead atoms. The number of anilines is 1. The Bertz CT molecular complexity index is 1630. The molecule has 0 spiro atoms. The lowest BCUT2D eigenvalue weighted by Gasteiger charge is -2.07. The van der Waals surface area contributed by atoms with Gasteiger partial charge in [0.15, 0.2) is 21.3 Å². The summed E-state index contributed by atoms with van der Waals surface area (Å²) in [6, 6.07) is 12.8. The third-order valence-electron chi connectivity index (χ3n) is 5.57. The topological polar surface area (TPSA) is 132 Å². The molecule has 0 saturated heterocycles. The summed E-state index contributed by atoms with van der Waals surface area (Å²) in [5.74, 6) is 0.343. The number of rotatable bonds is 7. The van der Waals surface area contributed by atoms with Crippen LogP contribution in [0.4, 0.5) is 5.82 Å². The number of aromatic nitrogens is 5. The monoisotopic (exact) mass is 495 g/mol. The minimum absolute atomic E-state index is 0.316. The van der Waals surface area contributed by atoms with Gasteiger partial charge >= 0.3 is 0 Å². The van der Waals surface area contributed by atoms with Gasteiger partial charge in [0.1, 0.15) is 11.8 Å². The van der Waals surface area contributed by atoms with Crippen LogP contribution in [0.2, 0.25) is 5.02 Å². The number of hydrogen-bond acceptors (Lipinski definition) is 7. The zero-order valence-corrected chi connectivity index (χ0v) is 19.9. The number of nitrogens with one attached hydrogen (secondary N) is 2. The minimum Gasteiger partial charge on any atom is -0.382 e. The molecule has 0 fully saturated rings. The van der Waals surface area contributed by atoms with Crippen LogP contribution in [0.5, 0.6) is 0 Å². The zero-order valence-electron chi connectivity index (χ0n) is 18.3. The maximum Gasteiger partial charge on any atom is 0.175 e. The summed E-state index contributed by atoms with van der Waals surface area (Å²) < 4.78 is 25.5. The van der Waals surface area contributed by atoms with Crippen molar-refractivity contribution in [3.05, 3.63) is 77.0 Å². The van der Waals surface area contributed by atoms with E-state index in [0.717, 1.165) is 27.7 Å². The number of hydrogen-bond donors (Lipinski definition) is 3. The van der Waals surface area contributed by atoms with E-state index in [1.807, 2.05) is 22.8 Å². The summed E-state index contributed by atoms with van der Waals surface area (Å²) in [4.78, 5) is 16.4. The number of nitrogens with two attached hydrogens (primary N) is 1. The van der Waals surface area contributed by atoms with Gasteiger partial charge in [0.2, 0.25) is 0 Å². The van der Waals surface area contributed by atoms with Crippen molar-refractivity contribution in [3.63, 3.8) is 0 Å². The Morgan fingerprint density at radius 3 is 2.79 bits per heavy atom. The Morgan fingerprint density at radius 2 is 1.97 bits per heavy atom. The maximum absolute atomic E-state index is 11.8. The molecule has 0 radical (unpaired) electrons. The van der Waals surface area contributed by atoms with E-state index < -0.39 is 9.84 Å². The van der Waals surface area contributed by atoms with E-state index in [1.54, 1.807) is 24.5 Å². The Morgan fingerprint density at radius 1 is 1.12 bits per heavy atom. The molecule has 3 heterocycles. The highest BCUT2D eigenvalue weighted by Gasteiger charge is 2.13. The van der Waals surface area contributed by atoms with E-state index in [-0.39, 0.29) is 0 Å². The average Bonchev–Trinajstić information content (AvgIpc) is 3.38. The maximum atomic E-state index is 11.8. The number of halogens is 1. The summed E-state index contributed by atoms with van der Waals surface area (Å²) in [7, 11) is -3.23. The van der Waals surface area contributed by atoms with E-state index in [0.29, 0.717) is 46.5 Å². The Hall–Kier alpha value is -3.47. The van der Waals surface area contributed by atoms with Crippen molar-refractivity contribution in [1.29, 1.82) is 0 Å². The van der Waals surface area contributed by atoms with Crippen LogP contribution in [0, 0.1) is 0 Å². The van der Waals surface area contributed by atoms with Gasteiger partial charge in [-0.25, -0.2) is 23.4 Å². The molecular weight excluding hydrogens is 474 g/mol. The van der Waals surface area contributed by atoms with Crippen LogP contribution in [0.3, 0.4) is 0 Å². The van der Waals surface area contributed by atoms with Gasteiger partial charge in [-0.3, -0.25) is 0 Å². The number of imidazole rings is 1. The molecule has 0 unspecified atom stereocenters. The summed E-state index contributed by atoms with van der Waals surface area (Å²) >= 11 is 6.40. The van der Waals surface area contributed by atoms with E-state index in [1.165, 1.54) is 12.6 Å². The van der Waals surface area contributed by atoms with Crippen molar-refractivity contribution in [2.45, 2.75) is 24.5 Å². The quantitative estimate of drug-likeness (QED) is 0.315. The first kappa shape index (κ1) is 22.3. The molecule has 0 aliphatic heterocycles. The summed E-state index contributed by atoms with van der Waals surface area (Å²) in [6.45, 7) is 1.62. The van der Waals surface area contributed by atoms with Crippen LogP contribution in [-0.4, -0.2) is 39.2 Å². The Balaban J connectivity index is 1.36. The highest BCUT2D eigenvalue weighted by molar-refractivity contribution is 7.90. The minimum atomic E-state index is -3.23. The molecule has 0 atom stereocenters. The van der Waals surface area contributed by atoms with Gasteiger partial charge in [-0.2, -0.15) is 0 Å². The number of aromatic amines is 1. The van der Waals surface area contributed by atoms with Crippen LogP contribution >= 0.6 is 11.6 Å². The van der Waals surface area contributed by atoms with Gasteiger partial charge in [-0.15, -0.1) is 0 Å². The predicted molar refractivity (Wildman–Crippen MR) is 132 cm³/mol. The molecule has 5 aromatic rings. The lowest BCUT2D eigenvalue weighted by Crippen LogP contribution is -2.13. The molecule has 9 nitrogen and oxygen atoms in total. The van der Waals surface area contributed by atoms with Gasteiger partial charge in [-0.1, -0.05) is 23.7 Å². The predicted octanol–water partition coefficient (Wildman–Crippen LogP) is 3.28. The number of nitrogen functional groups attached to an aromatic ring is 1. The molecule has 34 heavy (non-hydrogen) atoms. The number of sulfone groups is 1. The first-order valence-corrected chi connectivity index (χ1v) is 12.8. The Labute approximate surface area is 200 Å². The molecule has 3 aromatic heterocycles. The molecule has 0 aliphatic rings. The van der Waals surface area contributed by atoms with Crippen LogP contribution < -0.4 is 11.1 Å². The van der Waals surface area contributed by atoms with Gasteiger partial charge in [-0.05, 0) is 41.5 Å². The number of fused-ring (bicyclic) bond motifs is 2. The SMILES string of the molecule is CS(=O)(=O)c1cccc(CNCc2cc3cc(Cl)cc(Cn4cnc5c(N)ncnc54)c3[nH]2)c1. The summed E-state index contributed by atoms with van der Waals surface area (Å²) in [5.41, 5.74) is 11.0. The standard InChI is InChI=1S/C23H22ClN7O2S/c1-34(32,33)19-4-2-3-14(5-19)9-26-10-18-8-15-6-17(24)7-16(20(15)30-18)11-31-13-29-21-22(25)27-12-28-23(21)31/h2-8,12-13,26,30H,9-11H2,1H3,(H2,25,27,28). The lowest BCUT2D eigenvalue weighted by molar-refractivity contribution is 0.601. The molecule has 0 amide bonds. The third kappa shape index (κ3) is 4.47. The fourth-order valence-electron chi connectivity index (χ4n) is 3.98. The fraction of sp³-hybridized carbons (Fsp3) is 0.174. The first-order chi connectivity index (χ1) is 16.3. The third-order valence-corrected chi connectivity index (χ3v) is 6.90. The van der Waals surface area contributed by atoms with Crippen molar-refractivity contribution in [2.75, 3.05) is 12.0 Å². The molecular formula is C23H22ClN7O2S. The van der Waals surface area contributed by atoms with Gasteiger partial charge < -0.3 is 20.6 Å². The molecule has 174 valence electrons. The van der Waals surface area contributed by atoms with Crippen molar-refractivity contribution in [3.8, 4) is 0 Å². The van der Waals surface area contributed by atoms with Crippen molar-refractivity contribution < 1.29 is 8.42 Å². The Kier molecular flexibility index (Phi) is 5.72. The number of benzene rings is 2. The fourth-order valence-corrected chi connectivity index (χ4v) is 4.92. The van der Waals surface area contributed by atoms with E-state index in [4.69, 9.17) is 17.3 Å². The molecule has 2 aromatic carbocycles. The lowest BCUT2D eigenvalue weighted by atomic mass is 10.1. The van der Waals surface area contributed by atoms with E-state index in [2.05, 4.69) is 31.3 Å². The van der Waals surface area contributed by atoms with E-state index in [9.17, 15) is 8.42 Å². The molecule has 4 N–H and O–H groups in total. The summed E-state index contributed by atoms with van der Waals surface area (Å²) in [6.07, 6.45) is 4.33. The number of H-pyrrole nitrogens is 1. The van der Waals surface area contributed by atoms with Gasteiger partial charge in [0.05, 0.1) is 23.3 Å². The second-order valence-corrected chi connectivity index (χ2v) is 10.6. The number of nitrogens with zero attached hydrogens (tertiary/aromatic N) is 4. The second kappa shape index (κ2) is 8.71. The van der Waals surface area contributed by atoms with E-state index >= 15 is 0 Å². The van der Waals surface area contributed by atoms with Gasteiger partial charge in [0.25, 0.3) is 0 Å². The average molecular weight is 496 g/mol. The molecule has 5 rings (SSSR count). The van der Waals surface area contributed by atoms with Crippen molar-refractivity contribution >= 4 is 49.3 Å². The smallest absolute Gasteiger partial charge is 0.175 e. The highest BCUT2D eigenvalue weighted by Crippen LogP contribution is 2.26. The van der Waals surface area contributed by atoms with Crippen molar-refractivity contribution in [1.82, 2.24) is 29.8 Å². The van der Waals surface area contributed by atoms with Crippen LogP contribution in [0.1, 0.15) is 16.8 Å². The zero-order chi connectivity index (χ0) is 23.9. The van der Waals surface area contributed by atoms with Crippen LogP contribution in [-0.2, 0) is 29.5 Å². The van der Waals surface area contributed by atoms with Gasteiger partial charge in [0, 0.05) is 35.4 Å². The molecule has 11 heteroatoms. The van der Waals surface area contributed by atoms with Crippen molar-refractivity contribution in [2.24, 2.45) is 0 Å². The largest absolute Gasteiger partial charge is 0.382 e. The van der Waals surface area contributed by atoms with Crippen LogP contribution in [0.15, 0.2) is 60.0 Å². The normalized spacial score (nSPS) is 12.1. The van der Waals surface area contributed by atoms with Crippen LogP contribution in [0.25, 0.3) is 22.1 Å².